The van der Waals surface area contributed by atoms with Gasteiger partial charge in [0.1, 0.15) is 0 Å². The molecule has 2 rings (SSSR count). The van der Waals surface area contributed by atoms with E-state index in [0.717, 1.165) is 25.9 Å². The van der Waals surface area contributed by atoms with Crippen molar-refractivity contribution in [3.05, 3.63) is 35.4 Å². The summed E-state index contributed by atoms with van der Waals surface area (Å²) in [5, 5.41) is 6.41. The summed E-state index contributed by atoms with van der Waals surface area (Å²) in [7, 11) is 0. The second kappa shape index (κ2) is 6.01. The minimum Gasteiger partial charge on any atom is -0.349 e. The molecular formula is C15H22N2O. The lowest BCUT2D eigenvalue weighted by atomic mass is 9.97. The minimum absolute atomic E-state index is 0.0839. The molecule has 18 heavy (non-hydrogen) atoms. The molecule has 1 aromatic rings. The molecule has 3 heteroatoms. The van der Waals surface area contributed by atoms with Crippen molar-refractivity contribution in [2.45, 2.75) is 32.7 Å². The van der Waals surface area contributed by atoms with Crippen molar-refractivity contribution >= 4 is 5.91 Å². The summed E-state index contributed by atoms with van der Waals surface area (Å²) in [4.78, 5) is 12.1. The number of hydrogen-bond donors (Lipinski definition) is 2. The third-order valence-electron chi connectivity index (χ3n) is 3.68. The van der Waals surface area contributed by atoms with Gasteiger partial charge in [-0.05, 0) is 44.4 Å². The van der Waals surface area contributed by atoms with E-state index in [2.05, 4.69) is 36.6 Å². The smallest absolute Gasteiger partial charge is 0.224 e. The predicted octanol–water partition coefficient (Wildman–Crippen LogP) is 2.17. The summed E-state index contributed by atoms with van der Waals surface area (Å²) < 4.78 is 0. The summed E-state index contributed by atoms with van der Waals surface area (Å²) in [6, 6.07) is 8.30. The van der Waals surface area contributed by atoms with Gasteiger partial charge in [-0.2, -0.15) is 0 Å². The van der Waals surface area contributed by atoms with Gasteiger partial charge in [-0.15, -0.1) is 0 Å². The second-order valence-electron chi connectivity index (χ2n) is 5.13. The fourth-order valence-corrected chi connectivity index (χ4v) is 2.56. The van der Waals surface area contributed by atoms with Crippen LogP contribution >= 0.6 is 0 Å². The highest BCUT2D eigenvalue weighted by atomic mass is 16.1. The summed E-state index contributed by atoms with van der Waals surface area (Å²) in [5.74, 6) is 0.308. The number of amides is 1. The Hall–Kier alpha value is -1.35. The average molecular weight is 246 g/mol. The lowest BCUT2D eigenvalue weighted by Crippen LogP contribution is -2.41. The second-order valence-corrected chi connectivity index (χ2v) is 5.13. The van der Waals surface area contributed by atoms with Crippen LogP contribution in [0.2, 0.25) is 0 Å². The van der Waals surface area contributed by atoms with E-state index in [1.54, 1.807) is 0 Å². The zero-order chi connectivity index (χ0) is 13.0. The van der Waals surface area contributed by atoms with Gasteiger partial charge in [-0.1, -0.05) is 24.3 Å². The molecule has 1 saturated heterocycles. The van der Waals surface area contributed by atoms with Crippen molar-refractivity contribution in [3.8, 4) is 0 Å². The molecule has 0 radical (unpaired) electrons. The molecule has 1 heterocycles. The van der Waals surface area contributed by atoms with Crippen LogP contribution in [0, 0.1) is 12.8 Å². The zero-order valence-corrected chi connectivity index (χ0v) is 11.2. The van der Waals surface area contributed by atoms with Crippen molar-refractivity contribution in [3.63, 3.8) is 0 Å². The largest absolute Gasteiger partial charge is 0.349 e. The monoisotopic (exact) mass is 246 g/mol. The van der Waals surface area contributed by atoms with Crippen molar-refractivity contribution in [1.82, 2.24) is 10.6 Å². The molecule has 0 saturated carbocycles. The maximum Gasteiger partial charge on any atom is 0.224 e. The van der Waals surface area contributed by atoms with Gasteiger partial charge in [0.15, 0.2) is 0 Å². The molecule has 1 aromatic carbocycles. The number of nitrogens with one attached hydrogen (secondary N) is 2. The summed E-state index contributed by atoms with van der Waals surface area (Å²) in [5.41, 5.74) is 2.43. The third kappa shape index (κ3) is 3.10. The number of aryl methyl sites for hydroxylation is 1. The van der Waals surface area contributed by atoms with Crippen LogP contribution in [-0.4, -0.2) is 19.0 Å². The minimum atomic E-state index is 0.0839. The van der Waals surface area contributed by atoms with Gasteiger partial charge in [0.05, 0.1) is 12.0 Å². The first kappa shape index (κ1) is 13.1. The third-order valence-corrected chi connectivity index (χ3v) is 3.68. The topological polar surface area (TPSA) is 41.1 Å². The molecule has 0 bridgehead atoms. The number of hydrogen-bond acceptors (Lipinski definition) is 2. The molecule has 1 amide bonds. The van der Waals surface area contributed by atoms with Crippen LogP contribution in [0.4, 0.5) is 0 Å². The summed E-state index contributed by atoms with van der Waals surface area (Å²) in [6.45, 7) is 5.99. The van der Waals surface area contributed by atoms with Crippen LogP contribution in [-0.2, 0) is 4.79 Å². The Labute approximate surface area is 109 Å². The average Bonchev–Trinajstić information content (AvgIpc) is 2.40. The molecule has 0 aliphatic carbocycles. The highest BCUT2D eigenvalue weighted by molar-refractivity contribution is 5.79. The van der Waals surface area contributed by atoms with Crippen LogP contribution < -0.4 is 10.6 Å². The summed E-state index contributed by atoms with van der Waals surface area (Å²) >= 11 is 0. The summed E-state index contributed by atoms with van der Waals surface area (Å²) in [6.07, 6.45) is 2.09. The lowest BCUT2D eigenvalue weighted by Gasteiger charge is -2.24. The number of carbonyl (C=O) groups is 1. The molecule has 0 unspecified atom stereocenters. The van der Waals surface area contributed by atoms with E-state index in [1.807, 2.05) is 12.1 Å². The van der Waals surface area contributed by atoms with E-state index < -0.39 is 0 Å². The molecule has 0 aromatic heterocycles. The Bertz CT molecular complexity index is 411. The van der Waals surface area contributed by atoms with Gasteiger partial charge in [-0.25, -0.2) is 0 Å². The van der Waals surface area contributed by atoms with Crippen LogP contribution in [0.3, 0.4) is 0 Å². The Balaban J connectivity index is 1.96. The first-order valence-corrected chi connectivity index (χ1v) is 6.75. The molecule has 2 N–H and O–H groups in total. The van der Waals surface area contributed by atoms with Gasteiger partial charge in [0, 0.05) is 6.54 Å². The van der Waals surface area contributed by atoms with Crippen molar-refractivity contribution in [2.24, 2.45) is 5.92 Å². The standard InChI is InChI=1S/C15H22N2O/c1-11-6-3-4-8-14(11)12(2)17-15(18)13-7-5-9-16-10-13/h3-4,6,8,12-13,16H,5,7,9-10H2,1-2H3,(H,17,18)/t12-,13+/m0/s1. The van der Waals surface area contributed by atoms with E-state index in [4.69, 9.17) is 0 Å². The van der Waals surface area contributed by atoms with Crippen LogP contribution in [0.15, 0.2) is 24.3 Å². The maximum atomic E-state index is 12.1. The fraction of sp³-hybridized carbons (Fsp3) is 0.533. The Kier molecular flexibility index (Phi) is 4.37. The fourth-order valence-electron chi connectivity index (χ4n) is 2.56. The predicted molar refractivity (Wildman–Crippen MR) is 73.3 cm³/mol. The Morgan fingerprint density at radius 3 is 2.89 bits per heavy atom. The van der Waals surface area contributed by atoms with E-state index in [-0.39, 0.29) is 17.9 Å². The molecule has 1 aliphatic heterocycles. The van der Waals surface area contributed by atoms with Gasteiger partial charge in [0.25, 0.3) is 0 Å². The quantitative estimate of drug-likeness (QED) is 0.858. The molecule has 98 valence electrons. The number of rotatable bonds is 3. The Morgan fingerprint density at radius 1 is 1.44 bits per heavy atom. The van der Waals surface area contributed by atoms with Crippen molar-refractivity contribution in [1.29, 1.82) is 0 Å². The van der Waals surface area contributed by atoms with Crippen LogP contribution in [0.25, 0.3) is 0 Å². The van der Waals surface area contributed by atoms with Gasteiger partial charge in [0.2, 0.25) is 5.91 Å². The first-order chi connectivity index (χ1) is 8.68. The van der Waals surface area contributed by atoms with E-state index in [9.17, 15) is 4.79 Å². The highest BCUT2D eigenvalue weighted by Crippen LogP contribution is 2.18. The Morgan fingerprint density at radius 2 is 2.22 bits per heavy atom. The number of piperidine rings is 1. The van der Waals surface area contributed by atoms with Gasteiger partial charge < -0.3 is 10.6 Å². The number of carbonyl (C=O) groups excluding carboxylic acids is 1. The zero-order valence-electron chi connectivity index (χ0n) is 11.2. The van der Waals surface area contributed by atoms with Crippen molar-refractivity contribution < 1.29 is 4.79 Å². The van der Waals surface area contributed by atoms with E-state index >= 15 is 0 Å². The van der Waals surface area contributed by atoms with Gasteiger partial charge in [-0.3, -0.25) is 4.79 Å². The molecule has 2 atom stereocenters. The molecule has 1 fully saturated rings. The molecule has 3 nitrogen and oxygen atoms in total. The molecular weight excluding hydrogens is 224 g/mol. The first-order valence-electron chi connectivity index (χ1n) is 6.75. The molecule has 0 spiro atoms. The van der Waals surface area contributed by atoms with E-state index in [1.165, 1.54) is 11.1 Å². The van der Waals surface area contributed by atoms with Crippen LogP contribution in [0.1, 0.15) is 36.9 Å². The van der Waals surface area contributed by atoms with Gasteiger partial charge >= 0.3 is 0 Å². The highest BCUT2D eigenvalue weighted by Gasteiger charge is 2.22. The number of benzene rings is 1. The van der Waals surface area contributed by atoms with Crippen LogP contribution in [0.5, 0.6) is 0 Å². The molecule has 1 aliphatic rings. The SMILES string of the molecule is Cc1ccccc1[C@H](C)NC(=O)[C@@H]1CCCNC1. The maximum absolute atomic E-state index is 12.1. The van der Waals surface area contributed by atoms with Crippen molar-refractivity contribution in [2.75, 3.05) is 13.1 Å². The normalized spacial score (nSPS) is 21.3. The van der Waals surface area contributed by atoms with E-state index in [0.29, 0.717) is 0 Å². The lowest BCUT2D eigenvalue weighted by molar-refractivity contribution is -0.126.